The predicted octanol–water partition coefficient (Wildman–Crippen LogP) is 3.80. The minimum Gasteiger partial charge on any atom is -0.322 e. The maximum atomic E-state index is 13.4. The molecule has 29 heavy (non-hydrogen) atoms. The smallest absolute Gasteiger partial charge is 0.322 e. The fourth-order valence-corrected chi connectivity index (χ4v) is 2.88. The maximum Gasteiger partial charge on any atom is 0.416 e. The number of nitrogens with one attached hydrogen (secondary N) is 1. The van der Waals surface area contributed by atoms with E-state index in [0.29, 0.717) is 17.0 Å². The van der Waals surface area contributed by atoms with Gasteiger partial charge in [-0.25, -0.2) is 14.5 Å². The monoisotopic (exact) mass is 400 g/mol. The van der Waals surface area contributed by atoms with Gasteiger partial charge < -0.3 is 9.88 Å². The summed E-state index contributed by atoms with van der Waals surface area (Å²) in [5.74, 6) is -0.606. The Morgan fingerprint density at radius 1 is 1.14 bits per heavy atom. The molecule has 0 aliphatic carbocycles. The molecule has 0 atom stereocenters. The second-order valence-corrected chi connectivity index (χ2v) is 6.54. The molecule has 1 aromatic carbocycles. The highest BCUT2D eigenvalue weighted by Crippen LogP contribution is 2.33. The number of rotatable bonds is 3. The minimum absolute atomic E-state index is 0.00168. The maximum absolute atomic E-state index is 13.4. The first kappa shape index (κ1) is 18.7. The molecule has 0 saturated carbocycles. The minimum atomic E-state index is -4.58. The average Bonchev–Trinajstić information content (AvgIpc) is 3.26. The highest BCUT2D eigenvalue weighted by atomic mass is 19.4. The van der Waals surface area contributed by atoms with Gasteiger partial charge in [-0.2, -0.15) is 18.3 Å². The number of aromatic nitrogens is 5. The summed E-state index contributed by atoms with van der Waals surface area (Å²) in [5, 5.41) is 6.57. The molecular weight excluding hydrogens is 385 g/mol. The number of benzene rings is 1. The number of carbonyl (C=O) groups is 1. The first-order valence-electron chi connectivity index (χ1n) is 8.56. The van der Waals surface area contributed by atoms with Crippen molar-refractivity contribution in [2.45, 2.75) is 20.0 Å². The van der Waals surface area contributed by atoms with E-state index in [9.17, 15) is 18.0 Å². The van der Waals surface area contributed by atoms with E-state index in [-0.39, 0.29) is 16.9 Å². The summed E-state index contributed by atoms with van der Waals surface area (Å²) in [6.07, 6.45) is 1.41. The van der Waals surface area contributed by atoms with Gasteiger partial charge in [0.15, 0.2) is 5.65 Å². The molecule has 148 valence electrons. The molecule has 0 spiro atoms. The molecule has 4 rings (SSSR count). The average molecular weight is 400 g/mol. The fraction of sp³-hybridized carbons (Fsp3) is 0.158. The molecule has 0 fully saturated rings. The van der Waals surface area contributed by atoms with Gasteiger partial charge in [0.1, 0.15) is 5.56 Å². The van der Waals surface area contributed by atoms with Crippen molar-refractivity contribution >= 4 is 17.2 Å². The van der Waals surface area contributed by atoms with Gasteiger partial charge in [0, 0.05) is 29.5 Å². The zero-order valence-electron chi connectivity index (χ0n) is 15.4. The largest absolute Gasteiger partial charge is 0.416 e. The molecule has 3 heterocycles. The Bertz CT molecular complexity index is 1220. The van der Waals surface area contributed by atoms with Crippen LogP contribution in [0, 0.1) is 13.8 Å². The van der Waals surface area contributed by atoms with Crippen molar-refractivity contribution in [3.63, 3.8) is 0 Å². The van der Waals surface area contributed by atoms with Crippen molar-refractivity contribution in [1.29, 1.82) is 0 Å². The van der Waals surface area contributed by atoms with Crippen LogP contribution in [0.25, 0.3) is 11.3 Å². The lowest BCUT2D eigenvalue weighted by atomic mass is 10.1. The molecule has 4 aromatic rings. The van der Waals surface area contributed by atoms with E-state index in [1.807, 2.05) is 0 Å². The Labute approximate surface area is 162 Å². The van der Waals surface area contributed by atoms with Gasteiger partial charge in [-0.1, -0.05) is 0 Å². The second kappa shape index (κ2) is 6.73. The number of hydrogen-bond acceptors (Lipinski definition) is 4. The summed E-state index contributed by atoms with van der Waals surface area (Å²) in [6.45, 7) is 3.49. The number of alkyl halides is 3. The summed E-state index contributed by atoms with van der Waals surface area (Å²) in [4.78, 5) is 21.0. The topological polar surface area (TPSA) is 77.1 Å². The van der Waals surface area contributed by atoms with Gasteiger partial charge >= 0.3 is 6.18 Å². The van der Waals surface area contributed by atoms with E-state index in [4.69, 9.17) is 0 Å². The van der Waals surface area contributed by atoms with Gasteiger partial charge in [0.05, 0.1) is 23.8 Å². The van der Waals surface area contributed by atoms with Crippen molar-refractivity contribution in [2.24, 2.45) is 0 Å². The number of fused-ring (bicyclic) bond motifs is 1. The third-order valence-electron chi connectivity index (χ3n) is 4.27. The van der Waals surface area contributed by atoms with E-state index in [0.717, 1.165) is 12.1 Å². The molecule has 10 heteroatoms. The molecule has 3 aromatic heterocycles. The second-order valence-electron chi connectivity index (χ2n) is 6.54. The normalized spacial score (nSPS) is 11.8. The zero-order chi connectivity index (χ0) is 20.8. The summed E-state index contributed by atoms with van der Waals surface area (Å²) in [6, 6.07) is 5.05. The molecule has 0 bridgehead atoms. The Morgan fingerprint density at radius 3 is 2.62 bits per heavy atom. The van der Waals surface area contributed by atoms with Crippen LogP contribution in [0.2, 0.25) is 0 Å². The molecule has 0 saturated heterocycles. The number of hydrogen-bond donors (Lipinski definition) is 1. The van der Waals surface area contributed by atoms with E-state index in [1.54, 1.807) is 32.3 Å². The van der Waals surface area contributed by atoms with E-state index in [2.05, 4.69) is 20.4 Å². The Hall–Kier alpha value is -3.69. The third kappa shape index (κ3) is 3.68. The fourth-order valence-electron chi connectivity index (χ4n) is 2.88. The Morgan fingerprint density at radius 2 is 1.93 bits per heavy atom. The highest BCUT2D eigenvalue weighted by Gasteiger charge is 2.31. The van der Waals surface area contributed by atoms with Gasteiger partial charge in [-0.3, -0.25) is 4.79 Å². The SMILES string of the molecule is Cc1cn(-c2cc(NC(=O)c3cnn4ccc(C)nc34)cc(C(F)(F)F)c2)cn1. The number of imidazole rings is 1. The van der Waals surface area contributed by atoms with Crippen LogP contribution < -0.4 is 5.32 Å². The number of carbonyl (C=O) groups excluding carboxylic acids is 1. The van der Waals surface area contributed by atoms with E-state index < -0.39 is 17.6 Å². The molecule has 0 aliphatic heterocycles. The van der Waals surface area contributed by atoms with Crippen LogP contribution in [0.3, 0.4) is 0 Å². The molecule has 1 amide bonds. The summed E-state index contributed by atoms with van der Waals surface area (Å²) in [7, 11) is 0. The van der Waals surface area contributed by atoms with Crippen molar-refractivity contribution in [3.8, 4) is 5.69 Å². The Balaban J connectivity index is 1.73. The number of anilines is 1. The standard InChI is InChI=1S/C19H15F3N6O/c1-11-3-4-28-17(25-11)16(8-24-28)18(29)26-14-5-13(19(20,21)22)6-15(7-14)27-9-12(2)23-10-27/h3-10H,1-2H3,(H,26,29). The molecule has 0 aliphatic rings. The Kier molecular flexibility index (Phi) is 4.33. The van der Waals surface area contributed by atoms with Crippen molar-refractivity contribution in [1.82, 2.24) is 24.1 Å². The quantitative estimate of drug-likeness (QED) is 0.568. The van der Waals surface area contributed by atoms with Crippen LogP contribution in [0.15, 0.2) is 49.2 Å². The van der Waals surface area contributed by atoms with Crippen molar-refractivity contribution in [2.75, 3.05) is 5.32 Å². The van der Waals surface area contributed by atoms with E-state index >= 15 is 0 Å². The number of aryl methyl sites for hydroxylation is 2. The number of nitrogens with zero attached hydrogens (tertiary/aromatic N) is 5. The lowest BCUT2D eigenvalue weighted by molar-refractivity contribution is -0.137. The molecular formula is C19H15F3N6O. The lowest BCUT2D eigenvalue weighted by Crippen LogP contribution is -2.14. The number of amides is 1. The third-order valence-corrected chi connectivity index (χ3v) is 4.27. The first-order chi connectivity index (χ1) is 13.7. The van der Waals surface area contributed by atoms with Crippen LogP contribution in [0.1, 0.15) is 27.3 Å². The van der Waals surface area contributed by atoms with Crippen LogP contribution >= 0.6 is 0 Å². The zero-order valence-corrected chi connectivity index (χ0v) is 15.4. The summed E-state index contributed by atoms with van der Waals surface area (Å²) >= 11 is 0. The van der Waals surface area contributed by atoms with Crippen LogP contribution in [-0.4, -0.2) is 30.1 Å². The lowest BCUT2D eigenvalue weighted by Gasteiger charge is -2.13. The van der Waals surface area contributed by atoms with Gasteiger partial charge in [-0.15, -0.1) is 0 Å². The van der Waals surface area contributed by atoms with Crippen LogP contribution in [-0.2, 0) is 6.18 Å². The van der Waals surface area contributed by atoms with Gasteiger partial charge in [-0.05, 0) is 38.1 Å². The van der Waals surface area contributed by atoms with Crippen molar-refractivity contribution < 1.29 is 18.0 Å². The highest BCUT2D eigenvalue weighted by molar-refractivity contribution is 6.08. The van der Waals surface area contributed by atoms with Crippen LogP contribution in [0.4, 0.5) is 18.9 Å². The predicted molar refractivity (Wildman–Crippen MR) is 99.0 cm³/mol. The molecule has 7 nitrogen and oxygen atoms in total. The molecule has 1 N–H and O–H groups in total. The van der Waals surface area contributed by atoms with E-state index in [1.165, 1.54) is 27.7 Å². The van der Waals surface area contributed by atoms with Crippen molar-refractivity contribution in [3.05, 3.63) is 71.7 Å². The van der Waals surface area contributed by atoms with Gasteiger partial charge in [0.2, 0.25) is 0 Å². The first-order valence-corrected chi connectivity index (χ1v) is 8.56. The van der Waals surface area contributed by atoms with Crippen LogP contribution in [0.5, 0.6) is 0 Å². The number of halogens is 3. The molecule has 0 unspecified atom stereocenters. The summed E-state index contributed by atoms with van der Waals surface area (Å²) in [5.41, 5.74) is 1.16. The summed E-state index contributed by atoms with van der Waals surface area (Å²) < 4.78 is 43.0. The van der Waals surface area contributed by atoms with Gasteiger partial charge in [0.25, 0.3) is 5.91 Å². The molecule has 0 radical (unpaired) electrons.